The van der Waals surface area contributed by atoms with Gasteiger partial charge in [0.1, 0.15) is 0 Å². The molecular weight excluding hydrogens is 280 g/mol. The van der Waals surface area contributed by atoms with Gasteiger partial charge >= 0.3 is 5.97 Å². The maximum atomic E-state index is 12.6. The van der Waals surface area contributed by atoms with Gasteiger partial charge < -0.3 is 15.8 Å². The molecule has 2 rings (SSSR count). The molecule has 2 unspecified atom stereocenters. The molecular formula is C17H30N2O3. The maximum absolute atomic E-state index is 12.6. The lowest BCUT2D eigenvalue weighted by molar-refractivity contribution is -0.141. The van der Waals surface area contributed by atoms with Gasteiger partial charge in [-0.05, 0) is 57.8 Å². The molecule has 0 aromatic rings. The average molecular weight is 310 g/mol. The molecule has 2 bridgehead atoms. The summed E-state index contributed by atoms with van der Waals surface area (Å²) in [5.41, 5.74) is 5.90. The Bertz CT molecular complexity index is 408. The van der Waals surface area contributed by atoms with Crippen LogP contribution >= 0.6 is 0 Å². The third-order valence-electron chi connectivity index (χ3n) is 5.43. The molecule has 5 heteroatoms. The van der Waals surface area contributed by atoms with Crippen molar-refractivity contribution in [1.82, 2.24) is 5.32 Å². The number of nitrogens with two attached hydrogens (primary N) is 1. The van der Waals surface area contributed by atoms with Crippen LogP contribution in [0.2, 0.25) is 0 Å². The highest BCUT2D eigenvalue weighted by atomic mass is 16.5. The number of ether oxygens (including phenoxy) is 1. The Kier molecular flexibility index (Phi) is 5.48. The molecule has 0 aromatic carbocycles. The van der Waals surface area contributed by atoms with Gasteiger partial charge in [-0.1, -0.05) is 6.42 Å². The van der Waals surface area contributed by atoms with Crippen molar-refractivity contribution in [2.24, 2.45) is 23.5 Å². The van der Waals surface area contributed by atoms with Gasteiger partial charge in [0.15, 0.2) is 0 Å². The lowest BCUT2D eigenvalue weighted by Crippen LogP contribution is -2.52. The number of amides is 1. The van der Waals surface area contributed by atoms with E-state index >= 15 is 0 Å². The van der Waals surface area contributed by atoms with Crippen molar-refractivity contribution in [3.63, 3.8) is 0 Å². The standard InChI is InChI=1S/C17H30N2O3/c1-17(2,8-7-14(20)22-3)19-16(21)13-9-11-5-4-6-12(10-13)15(11)18/h11-13,15H,4-10,18H2,1-3H3,(H,19,21). The zero-order valence-electron chi connectivity index (χ0n) is 14.1. The second kappa shape index (κ2) is 6.99. The number of rotatable bonds is 5. The lowest BCUT2D eigenvalue weighted by Gasteiger charge is -2.44. The first-order chi connectivity index (χ1) is 10.3. The zero-order valence-corrected chi connectivity index (χ0v) is 14.1. The topological polar surface area (TPSA) is 81.4 Å². The van der Waals surface area contributed by atoms with E-state index in [1.807, 2.05) is 13.8 Å². The molecule has 2 aliphatic carbocycles. The third kappa shape index (κ3) is 4.22. The number of carbonyl (C=O) groups is 2. The fourth-order valence-corrected chi connectivity index (χ4v) is 4.02. The van der Waals surface area contributed by atoms with E-state index in [0.29, 0.717) is 24.7 Å². The van der Waals surface area contributed by atoms with Gasteiger partial charge in [0.05, 0.1) is 7.11 Å². The van der Waals surface area contributed by atoms with Crippen molar-refractivity contribution in [2.45, 2.75) is 70.4 Å². The van der Waals surface area contributed by atoms with Gasteiger partial charge in [-0.15, -0.1) is 0 Å². The third-order valence-corrected chi connectivity index (χ3v) is 5.43. The summed E-state index contributed by atoms with van der Waals surface area (Å²) in [6.07, 6.45) is 6.31. The predicted octanol–water partition coefficient (Wildman–Crippen LogP) is 1.99. The summed E-state index contributed by atoms with van der Waals surface area (Å²) in [6.45, 7) is 3.92. The van der Waals surface area contributed by atoms with E-state index in [4.69, 9.17) is 5.73 Å². The summed E-state index contributed by atoms with van der Waals surface area (Å²) < 4.78 is 4.66. The van der Waals surface area contributed by atoms with Gasteiger partial charge in [0.2, 0.25) is 5.91 Å². The summed E-state index contributed by atoms with van der Waals surface area (Å²) >= 11 is 0. The highest BCUT2D eigenvalue weighted by Gasteiger charge is 2.41. The Balaban J connectivity index is 1.87. The molecule has 0 aromatic heterocycles. The minimum atomic E-state index is -0.389. The molecule has 0 spiro atoms. The number of hydrogen-bond acceptors (Lipinski definition) is 4. The van der Waals surface area contributed by atoms with Crippen LogP contribution in [0.1, 0.15) is 58.8 Å². The van der Waals surface area contributed by atoms with Crippen LogP contribution in [0, 0.1) is 17.8 Å². The first kappa shape index (κ1) is 17.3. The van der Waals surface area contributed by atoms with Crippen molar-refractivity contribution in [1.29, 1.82) is 0 Å². The summed E-state index contributed by atoms with van der Waals surface area (Å²) in [4.78, 5) is 23.9. The highest BCUT2D eigenvalue weighted by Crippen LogP contribution is 2.42. The Morgan fingerprint density at radius 1 is 1.23 bits per heavy atom. The molecule has 22 heavy (non-hydrogen) atoms. The summed E-state index contributed by atoms with van der Waals surface area (Å²) in [5.74, 6) is 0.967. The monoisotopic (exact) mass is 310 g/mol. The molecule has 2 aliphatic rings. The minimum absolute atomic E-state index is 0.0764. The van der Waals surface area contributed by atoms with Crippen molar-refractivity contribution < 1.29 is 14.3 Å². The molecule has 0 heterocycles. The molecule has 5 nitrogen and oxygen atoms in total. The van der Waals surface area contributed by atoms with E-state index in [2.05, 4.69) is 10.1 Å². The summed E-state index contributed by atoms with van der Waals surface area (Å²) in [6, 6.07) is 0.283. The number of esters is 1. The predicted molar refractivity (Wildman–Crippen MR) is 85.0 cm³/mol. The van der Waals surface area contributed by atoms with Crippen molar-refractivity contribution >= 4 is 11.9 Å². The molecule has 3 N–H and O–H groups in total. The number of carbonyl (C=O) groups excluding carboxylic acids is 2. The molecule has 2 atom stereocenters. The lowest BCUT2D eigenvalue weighted by atomic mass is 9.65. The van der Waals surface area contributed by atoms with Gasteiger partial charge in [0, 0.05) is 23.9 Å². The Labute approximate surface area is 133 Å². The van der Waals surface area contributed by atoms with E-state index in [1.165, 1.54) is 13.5 Å². The minimum Gasteiger partial charge on any atom is -0.469 e. The molecule has 2 fully saturated rings. The largest absolute Gasteiger partial charge is 0.469 e. The van der Waals surface area contributed by atoms with E-state index < -0.39 is 0 Å². The van der Waals surface area contributed by atoms with Crippen LogP contribution in [-0.2, 0) is 14.3 Å². The Morgan fingerprint density at radius 2 is 1.82 bits per heavy atom. The maximum Gasteiger partial charge on any atom is 0.305 e. The van der Waals surface area contributed by atoms with Crippen LogP contribution in [0.25, 0.3) is 0 Å². The number of methoxy groups -OCH3 is 1. The molecule has 0 radical (unpaired) electrons. The fraction of sp³-hybridized carbons (Fsp3) is 0.882. The zero-order chi connectivity index (χ0) is 16.3. The van der Waals surface area contributed by atoms with E-state index in [-0.39, 0.29) is 29.4 Å². The van der Waals surface area contributed by atoms with Crippen molar-refractivity contribution in [3.8, 4) is 0 Å². The van der Waals surface area contributed by atoms with Gasteiger partial charge in [-0.2, -0.15) is 0 Å². The highest BCUT2D eigenvalue weighted by molar-refractivity contribution is 5.79. The summed E-state index contributed by atoms with van der Waals surface area (Å²) in [7, 11) is 1.39. The van der Waals surface area contributed by atoms with Crippen LogP contribution in [-0.4, -0.2) is 30.6 Å². The van der Waals surface area contributed by atoms with Gasteiger partial charge in [-0.25, -0.2) is 0 Å². The first-order valence-corrected chi connectivity index (χ1v) is 8.47. The van der Waals surface area contributed by atoms with E-state index in [9.17, 15) is 9.59 Å². The van der Waals surface area contributed by atoms with Crippen LogP contribution in [0.3, 0.4) is 0 Å². The smallest absolute Gasteiger partial charge is 0.305 e. The van der Waals surface area contributed by atoms with Crippen LogP contribution in [0.5, 0.6) is 0 Å². The second-order valence-corrected chi connectivity index (χ2v) is 7.65. The van der Waals surface area contributed by atoms with Gasteiger partial charge in [0.25, 0.3) is 0 Å². The van der Waals surface area contributed by atoms with Crippen molar-refractivity contribution in [3.05, 3.63) is 0 Å². The van der Waals surface area contributed by atoms with Crippen LogP contribution in [0.4, 0.5) is 0 Å². The van der Waals surface area contributed by atoms with Crippen molar-refractivity contribution in [2.75, 3.05) is 7.11 Å². The quantitative estimate of drug-likeness (QED) is 0.761. The number of hydrogen-bond donors (Lipinski definition) is 2. The molecule has 0 saturated heterocycles. The fourth-order valence-electron chi connectivity index (χ4n) is 4.02. The van der Waals surface area contributed by atoms with E-state index in [0.717, 1.165) is 25.7 Å². The van der Waals surface area contributed by atoms with Gasteiger partial charge in [-0.3, -0.25) is 9.59 Å². The van der Waals surface area contributed by atoms with Crippen LogP contribution in [0.15, 0.2) is 0 Å². The second-order valence-electron chi connectivity index (χ2n) is 7.65. The summed E-state index contributed by atoms with van der Waals surface area (Å²) in [5, 5.41) is 3.12. The number of nitrogens with one attached hydrogen (secondary N) is 1. The average Bonchev–Trinajstić information content (AvgIpc) is 2.44. The Hall–Kier alpha value is -1.10. The molecule has 1 amide bonds. The molecule has 0 aliphatic heterocycles. The van der Waals surface area contributed by atoms with E-state index in [1.54, 1.807) is 0 Å². The Morgan fingerprint density at radius 3 is 2.36 bits per heavy atom. The molecule has 2 saturated carbocycles. The first-order valence-electron chi connectivity index (χ1n) is 8.47. The SMILES string of the molecule is COC(=O)CCC(C)(C)NC(=O)C1CC2CCCC(C1)C2N. The number of fused-ring (bicyclic) bond motifs is 2. The normalized spacial score (nSPS) is 31.5. The molecule has 126 valence electrons. The van der Waals surface area contributed by atoms with Crippen LogP contribution < -0.4 is 11.1 Å².